The van der Waals surface area contributed by atoms with E-state index in [1.165, 1.54) is 18.2 Å². The summed E-state index contributed by atoms with van der Waals surface area (Å²) < 4.78 is 24.3. The summed E-state index contributed by atoms with van der Waals surface area (Å²) in [7, 11) is 0. The van der Waals surface area contributed by atoms with Gasteiger partial charge in [0.05, 0.1) is 11.5 Å². The van der Waals surface area contributed by atoms with E-state index in [0.29, 0.717) is 0 Å². The fraction of sp³-hybridized carbons (Fsp3) is 0.143. The Balaban J connectivity index is 2.27. The monoisotopic (exact) mass is 306 g/mol. The highest BCUT2D eigenvalue weighted by atomic mass is 35.5. The first-order valence-corrected chi connectivity index (χ1v) is 6.34. The van der Waals surface area contributed by atoms with Crippen LogP contribution in [0, 0.1) is 17.1 Å². The molecule has 1 unspecified atom stereocenters. The summed E-state index contributed by atoms with van der Waals surface area (Å²) in [4.78, 5) is 11.9. The van der Waals surface area contributed by atoms with Crippen LogP contribution in [-0.4, -0.2) is 12.6 Å². The number of nitriles is 1. The predicted octanol–water partition coefficient (Wildman–Crippen LogP) is 2.10. The molecule has 1 atom stereocenters. The van der Waals surface area contributed by atoms with Crippen molar-refractivity contribution in [3.63, 3.8) is 0 Å². The molecule has 2 N–H and O–H groups in total. The Hall–Kier alpha value is -2.52. The molecule has 0 saturated heterocycles. The third kappa shape index (κ3) is 1.94. The number of esters is 1. The Morgan fingerprint density at radius 1 is 1.48 bits per heavy atom. The van der Waals surface area contributed by atoms with Crippen LogP contribution in [0.3, 0.4) is 0 Å². The first-order valence-electron chi connectivity index (χ1n) is 5.96. The maximum atomic E-state index is 14.2. The molecule has 2 aliphatic heterocycles. The average Bonchev–Trinajstić information content (AvgIpc) is 2.79. The molecule has 1 aromatic rings. The molecule has 1 aromatic carbocycles. The molecule has 106 valence electrons. The molecular weight excluding hydrogens is 299 g/mol. The number of ether oxygens (including phenoxy) is 2. The van der Waals surface area contributed by atoms with E-state index in [4.69, 9.17) is 26.8 Å². The van der Waals surface area contributed by atoms with Crippen LogP contribution in [0.15, 0.2) is 41.0 Å². The van der Waals surface area contributed by atoms with Gasteiger partial charge in [-0.15, -0.1) is 0 Å². The van der Waals surface area contributed by atoms with Crippen molar-refractivity contribution < 1.29 is 18.7 Å². The van der Waals surface area contributed by atoms with E-state index >= 15 is 0 Å². The summed E-state index contributed by atoms with van der Waals surface area (Å²) >= 11 is 6.04. The lowest BCUT2D eigenvalue weighted by molar-refractivity contribution is -0.136. The third-order valence-electron chi connectivity index (χ3n) is 3.34. The number of carbonyl (C=O) groups is 1. The number of cyclic esters (lactones) is 1. The summed E-state index contributed by atoms with van der Waals surface area (Å²) in [6, 6.07) is 5.95. The molecule has 0 aliphatic carbocycles. The summed E-state index contributed by atoms with van der Waals surface area (Å²) in [6.07, 6.45) is 0. The topological polar surface area (TPSA) is 85.3 Å². The number of carbonyl (C=O) groups excluding carboxylic acids is 1. The Morgan fingerprint density at radius 3 is 2.90 bits per heavy atom. The lowest BCUT2D eigenvalue weighted by Crippen LogP contribution is -2.22. The van der Waals surface area contributed by atoms with Crippen molar-refractivity contribution in [3.05, 3.63) is 57.4 Å². The van der Waals surface area contributed by atoms with Gasteiger partial charge in [-0.05, 0) is 12.1 Å². The predicted molar refractivity (Wildman–Crippen MR) is 70.0 cm³/mol. The first-order chi connectivity index (χ1) is 10.0. The van der Waals surface area contributed by atoms with E-state index in [1.807, 2.05) is 6.07 Å². The van der Waals surface area contributed by atoms with Crippen molar-refractivity contribution in [2.24, 2.45) is 5.73 Å². The molecule has 3 rings (SSSR count). The van der Waals surface area contributed by atoms with Gasteiger partial charge in [-0.25, -0.2) is 9.18 Å². The summed E-state index contributed by atoms with van der Waals surface area (Å²) in [5, 5.41) is 9.36. The zero-order chi connectivity index (χ0) is 15.1. The second-order valence-electron chi connectivity index (χ2n) is 4.47. The first kappa shape index (κ1) is 13.5. The second-order valence-corrected chi connectivity index (χ2v) is 4.88. The number of rotatable bonds is 1. The third-order valence-corrected chi connectivity index (χ3v) is 3.67. The van der Waals surface area contributed by atoms with Crippen molar-refractivity contribution in [1.82, 2.24) is 0 Å². The highest BCUT2D eigenvalue weighted by Gasteiger charge is 2.43. The molecule has 2 aliphatic rings. The molecule has 7 heteroatoms. The number of hydrogen-bond acceptors (Lipinski definition) is 5. The normalized spacial score (nSPS) is 20.8. The Labute approximate surface area is 124 Å². The van der Waals surface area contributed by atoms with Crippen LogP contribution >= 0.6 is 11.6 Å². The number of benzene rings is 1. The minimum Gasteiger partial charge on any atom is -0.454 e. The number of halogens is 2. The van der Waals surface area contributed by atoms with Crippen LogP contribution in [0.2, 0.25) is 5.02 Å². The van der Waals surface area contributed by atoms with E-state index in [-0.39, 0.29) is 40.0 Å². The van der Waals surface area contributed by atoms with Gasteiger partial charge < -0.3 is 15.2 Å². The van der Waals surface area contributed by atoms with Crippen molar-refractivity contribution in [2.45, 2.75) is 5.92 Å². The zero-order valence-corrected chi connectivity index (χ0v) is 11.3. The van der Waals surface area contributed by atoms with Gasteiger partial charge in [0.2, 0.25) is 5.88 Å². The Morgan fingerprint density at radius 2 is 2.24 bits per heavy atom. The highest BCUT2D eigenvalue weighted by molar-refractivity contribution is 6.31. The maximum Gasteiger partial charge on any atom is 0.339 e. The number of allylic oxidation sites excluding steroid dienone is 1. The van der Waals surface area contributed by atoms with Crippen molar-refractivity contribution in [3.8, 4) is 6.07 Å². The van der Waals surface area contributed by atoms with Gasteiger partial charge in [0.25, 0.3) is 0 Å². The van der Waals surface area contributed by atoms with Crippen molar-refractivity contribution >= 4 is 17.6 Å². The van der Waals surface area contributed by atoms with Gasteiger partial charge in [-0.3, -0.25) is 0 Å². The van der Waals surface area contributed by atoms with E-state index in [9.17, 15) is 14.4 Å². The van der Waals surface area contributed by atoms with Gasteiger partial charge in [0.1, 0.15) is 24.1 Å². The van der Waals surface area contributed by atoms with Crippen LogP contribution in [0.5, 0.6) is 0 Å². The fourth-order valence-corrected chi connectivity index (χ4v) is 2.70. The van der Waals surface area contributed by atoms with Gasteiger partial charge in [0, 0.05) is 10.6 Å². The maximum absolute atomic E-state index is 14.2. The molecule has 21 heavy (non-hydrogen) atoms. The number of hydrogen-bond donors (Lipinski definition) is 1. The van der Waals surface area contributed by atoms with E-state index in [0.717, 1.165) is 0 Å². The molecule has 0 radical (unpaired) electrons. The molecule has 0 spiro atoms. The van der Waals surface area contributed by atoms with Crippen LogP contribution in [-0.2, 0) is 14.3 Å². The molecule has 5 nitrogen and oxygen atoms in total. The molecule has 0 bridgehead atoms. The number of nitrogens with zero attached hydrogens (tertiary/aromatic N) is 1. The summed E-state index contributed by atoms with van der Waals surface area (Å²) in [5.74, 6) is -2.33. The standard InChI is InChI=1S/C14H8ClFN2O3/c15-7-2-1-3-8(16)11(7)10-6(4-17)13(18)21-9-5-20-14(19)12(9)10/h1-3,10H,5,18H2. The van der Waals surface area contributed by atoms with Crippen LogP contribution < -0.4 is 5.73 Å². The Bertz CT molecular complexity index is 744. The van der Waals surface area contributed by atoms with Gasteiger partial charge in [0.15, 0.2) is 5.76 Å². The van der Waals surface area contributed by atoms with Crippen LogP contribution in [0.1, 0.15) is 11.5 Å². The molecule has 0 amide bonds. The van der Waals surface area contributed by atoms with Gasteiger partial charge >= 0.3 is 5.97 Å². The highest BCUT2D eigenvalue weighted by Crippen LogP contribution is 2.44. The molecule has 0 aromatic heterocycles. The smallest absolute Gasteiger partial charge is 0.339 e. The molecular formula is C14H8ClFN2O3. The summed E-state index contributed by atoms with van der Waals surface area (Å²) in [6.45, 7) is -0.101. The van der Waals surface area contributed by atoms with Gasteiger partial charge in [-0.2, -0.15) is 5.26 Å². The van der Waals surface area contributed by atoms with E-state index in [1.54, 1.807) is 0 Å². The average molecular weight is 307 g/mol. The van der Waals surface area contributed by atoms with Gasteiger partial charge in [-0.1, -0.05) is 17.7 Å². The van der Waals surface area contributed by atoms with E-state index in [2.05, 4.69) is 0 Å². The van der Waals surface area contributed by atoms with E-state index < -0.39 is 17.7 Å². The lowest BCUT2D eigenvalue weighted by Gasteiger charge is -2.24. The largest absolute Gasteiger partial charge is 0.454 e. The summed E-state index contributed by atoms with van der Waals surface area (Å²) in [5.41, 5.74) is 5.69. The number of nitrogens with two attached hydrogens (primary N) is 1. The lowest BCUT2D eigenvalue weighted by atomic mass is 9.83. The fourth-order valence-electron chi connectivity index (χ4n) is 2.43. The quantitative estimate of drug-likeness (QED) is 0.803. The van der Waals surface area contributed by atoms with Crippen molar-refractivity contribution in [2.75, 3.05) is 6.61 Å². The zero-order valence-electron chi connectivity index (χ0n) is 10.5. The van der Waals surface area contributed by atoms with Crippen molar-refractivity contribution in [1.29, 1.82) is 5.26 Å². The van der Waals surface area contributed by atoms with Crippen LogP contribution in [0.4, 0.5) is 4.39 Å². The minimum atomic E-state index is -1.03. The second kappa shape index (κ2) is 4.79. The minimum absolute atomic E-state index is 0.00770. The molecule has 0 saturated carbocycles. The Kier molecular flexibility index (Phi) is 3.07. The molecule has 0 fully saturated rings. The SMILES string of the molecule is N#CC1=C(N)OC2=C(C(=O)OC2)C1c1c(F)cccc1Cl. The molecule has 2 heterocycles. The van der Waals surface area contributed by atoms with Crippen LogP contribution in [0.25, 0.3) is 0 Å².